The number of pyridine rings is 1. The Morgan fingerprint density at radius 3 is 2.79 bits per heavy atom. The quantitative estimate of drug-likeness (QED) is 0.776. The molecule has 0 aliphatic heterocycles. The van der Waals surface area contributed by atoms with E-state index >= 15 is 0 Å². The van der Waals surface area contributed by atoms with Gasteiger partial charge in [0.1, 0.15) is 5.75 Å². The van der Waals surface area contributed by atoms with Gasteiger partial charge >= 0.3 is 0 Å². The molecule has 1 aromatic heterocycles. The van der Waals surface area contributed by atoms with Crippen LogP contribution in [0.3, 0.4) is 0 Å². The van der Waals surface area contributed by atoms with Crippen molar-refractivity contribution in [1.82, 2.24) is 4.98 Å². The van der Waals surface area contributed by atoms with Gasteiger partial charge in [0, 0.05) is 0 Å². The lowest BCUT2D eigenvalue weighted by atomic mass is 10.0. The third-order valence-corrected chi connectivity index (χ3v) is 2.67. The summed E-state index contributed by atoms with van der Waals surface area (Å²) in [6, 6.07) is 1.77. The Morgan fingerprint density at radius 2 is 2.29 bits per heavy atom. The molecular weight excluding hydrogens is 174 g/mol. The van der Waals surface area contributed by atoms with Gasteiger partial charge in [0.2, 0.25) is 0 Å². The molecule has 0 amide bonds. The smallest absolute Gasteiger partial charge is 0.134 e. The minimum atomic E-state index is 0.248. The third-order valence-electron chi connectivity index (χ3n) is 2.67. The SMILES string of the molecule is C/C=C(\c1ncc(O)cc1C)C1CC1. The van der Waals surface area contributed by atoms with Crippen LogP contribution in [-0.4, -0.2) is 10.1 Å². The second-order valence-corrected chi connectivity index (χ2v) is 3.88. The lowest BCUT2D eigenvalue weighted by Gasteiger charge is -2.08. The largest absolute Gasteiger partial charge is 0.506 e. The van der Waals surface area contributed by atoms with Gasteiger partial charge in [0.05, 0.1) is 11.9 Å². The predicted molar refractivity (Wildman–Crippen MR) is 57.0 cm³/mol. The number of rotatable bonds is 2. The van der Waals surface area contributed by atoms with Crippen molar-refractivity contribution in [2.75, 3.05) is 0 Å². The van der Waals surface area contributed by atoms with Gasteiger partial charge in [-0.25, -0.2) is 0 Å². The van der Waals surface area contributed by atoms with Crippen molar-refractivity contribution in [3.63, 3.8) is 0 Å². The van der Waals surface area contributed by atoms with E-state index in [9.17, 15) is 5.11 Å². The van der Waals surface area contributed by atoms with E-state index in [0.29, 0.717) is 5.92 Å². The highest BCUT2D eigenvalue weighted by Gasteiger charge is 2.27. The molecule has 2 nitrogen and oxygen atoms in total. The lowest BCUT2D eigenvalue weighted by molar-refractivity contribution is 0.472. The normalized spacial score (nSPS) is 17.1. The molecule has 0 unspecified atom stereocenters. The number of hydrogen-bond donors (Lipinski definition) is 1. The van der Waals surface area contributed by atoms with Crippen molar-refractivity contribution in [3.8, 4) is 5.75 Å². The molecule has 74 valence electrons. The average molecular weight is 189 g/mol. The highest BCUT2D eigenvalue weighted by atomic mass is 16.3. The molecule has 1 N–H and O–H groups in total. The predicted octanol–water partition coefficient (Wildman–Crippen LogP) is 2.91. The van der Waals surface area contributed by atoms with Crippen LogP contribution in [0.25, 0.3) is 5.57 Å². The minimum absolute atomic E-state index is 0.248. The number of aromatic nitrogens is 1. The van der Waals surface area contributed by atoms with Crippen molar-refractivity contribution >= 4 is 5.57 Å². The van der Waals surface area contributed by atoms with Crippen molar-refractivity contribution in [2.45, 2.75) is 26.7 Å². The number of aromatic hydroxyl groups is 1. The summed E-state index contributed by atoms with van der Waals surface area (Å²) in [6.07, 6.45) is 6.22. The van der Waals surface area contributed by atoms with Crippen LogP contribution in [0.4, 0.5) is 0 Å². The van der Waals surface area contributed by atoms with Gasteiger partial charge in [-0.2, -0.15) is 0 Å². The maximum Gasteiger partial charge on any atom is 0.134 e. The molecule has 1 heterocycles. The Labute approximate surface area is 84.3 Å². The maximum atomic E-state index is 9.26. The van der Waals surface area contributed by atoms with Gasteiger partial charge in [0.25, 0.3) is 0 Å². The van der Waals surface area contributed by atoms with E-state index in [1.54, 1.807) is 6.07 Å². The van der Waals surface area contributed by atoms with E-state index in [-0.39, 0.29) is 5.75 Å². The van der Waals surface area contributed by atoms with Crippen LogP contribution in [0.2, 0.25) is 0 Å². The zero-order valence-corrected chi connectivity index (χ0v) is 8.62. The van der Waals surface area contributed by atoms with E-state index in [0.717, 1.165) is 11.3 Å². The molecule has 14 heavy (non-hydrogen) atoms. The van der Waals surface area contributed by atoms with Crippen LogP contribution >= 0.6 is 0 Å². The average Bonchev–Trinajstić information content (AvgIpc) is 2.93. The van der Waals surface area contributed by atoms with Crippen LogP contribution in [0, 0.1) is 12.8 Å². The second-order valence-electron chi connectivity index (χ2n) is 3.88. The summed E-state index contributed by atoms with van der Waals surface area (Å²) in [5.41, 5.74) is 3.44. The van der Waals surface area contributed by atoms with Crippen molar-refractivity contribution in [3.05, 3.63) is 29.6 Å². The molecular formula is C12H15NO. The molecule has 2 heteroatoms. The summed E-state index contributed by atoms with van der Waals surface area (Å²) in [5.74, 6) is 0.952. The molecule has 1 fully saturated rings. The lowest BCUT2D eigenvalue weighted by Crippen LogP contribution is -1.94. The fraction of sp³-hybridized carbons (Fsp3) is 0.417. The summed E-state index contributed by atoms with van der Waals surface area (Å²) in [4.78, 5) is 4.29. The first-order chi connectivity index (χ1) is 6.72. The van der Waals surface area contributed by atoms with Crippen LogP contribution in [0.5, 0.6) is 5.75 Å². The highest BCUT2D eigenvalue weighted by Crippen LogP contribution is 2.42. The Balaban J connectivity index is 2.39. The fourth-order valence-corrected chi connectivity index (χ4v) is 1.82. The van der Waals surface area contributed by atoms with Gasteiger partial charge in [-0.15, -0.1) is 0 Å². The monoisotopic (exact) mass is 189 g/mol. The molecule has 1 aliphatic carbocycles. The molecule has 2 rings (SSSR count). The minimum Gasteiger partial charge on any atom is -0.506 e. The van der Waals surface area contributed by atoms with Crippen molar-refractivity contribution in [2.24, 2.45) is 5.92 Å². The van der Waals surface area contributed by atoms with Gasteiger partial charge in [-0.3, -0.25) is 4.98 Å². The number of allylic oxidation sites excluding steroid dienone is 2. The summed E-state index contributed by atoms with van der Waals surface area (Å²) in [6.45, 7) is 4.05. The first-order valence-electron chi connectivity index (χ1n) is 5.04. The number of hydrogen-bond acceptors (Lipinski definition) is 2. The second kappa shape index (κ2) is 3.45. The third kappa shape index (κ3) is 1.65. The Hall–Kier alpha value is -1.31. The Kier molecular flexibility index (Phi) is 2.28. The van der Waals surface area contributed by atoms with E-state index < -0.39 is 0 Å². The van der Waals surface area contributed by atoms with Gasteiger partial charge in [0.15, 0.2) is 0 Å². The van der Waals surface area contributed by atoms with Crippen molar-refractivity contribution in [1.29, 1.82) is 0 Å². The van der Waals surface area contributed by atoms with Crippen LogP contribution in [-0.2, 0) is 0 Å². The molecule has 1 aliphatic rings. The molecule has 0 bridgehead atoms. The molecule has 0 radical (unpaired) electrons. The summed E-state index contributed by atoms with van der Waals surface area (Å²) in [7, 11) is 0. The van der Waals surface area contributed by atoms with Gasteiger partial charge < -0.3 is 5.11 Å². The Bertz CT molecular complexity index is 378. The number of nitrogens with zero attached hydrogens (tertiary/aromatic N) is 1. The zero-order chi connectivity index (χ0) is 10.1. The van der Waals surface area contributed by atoms with E-state index in [4.69, 9.17) is 0 Å². The van der Waals surface area contributed by atoms with E-state index in [2.05, 4.69) is 18.0 Å². The summed E-state index contributed by atoms with van der Waals surface area (Å²) < 4.78 is 0. The van der Waals surface area contributed by atoms with Gasteiger partial charge in [-0.1, -0.05) is 6.08 Å². The first kappa shape index (κ1) is 9.25. The standard InChI is InChI=1S/C12H15NO/c1-3-11(9-4-5-9)12-8(2)6-10(14)7-13-12/h3,6-7,9,14H,4-5H2,1-2H3/b11-3-. The van der Waals surface area contributed by atoms with Crippen LogP contribution in [0.15, 0.2) is 18.3 Å². The van der Waals surface area contributed by atoms with E-state index in [1.807, 2.05) is 6.92 Å². The topological polar surface area (TPSA) is 33.1 Å². The van der Waals surface area contributed by atoms with E-state index in [1.165, 1.54) is 24.6 Å². The van der Waals surface area contributed by atoms with Gasteiger partial charge in [-0.05, 0) is 49.8 Å². The first-order valence-corrected chi connectivity index (χ1v) is 5.04. The molecule has 0 atom stereocenters. The summed E-state index contributed by atoms with van der Waals surface area (Å²) >= 11 is 0. The Morgan fingerprint density at radius 1 is 1.57 bits per heavy atom. The zero-order valence-electron chi connectivity index (χ0n) is 8.62. The van der Waals surface area contributed by atoms with Crippen molar-refractivity contribution < 1.29 is 5.11 Å². The summed E-state index contributed by atoms with van der Waals surface area (Å²) in [5, 5.41) is 9.26. The molecule has 0 saturated heterocycles. The van der Waals surface area contributed by atoms with Crippen LogP contribution < -0.4 is 0 Å². The fourth-order valence-electron chi connectivity index (χ4n) is 1.82. The molecule has 0 spiro atoms. The highest BCUT2D eigenvalue weighted by molar-refractivity contribution is 5.68. The number of aryl methyl sites for hydroxylation is 1. The molecule has 1 aromatic rings. The van der Waals surface area contributed by atoms with Crippen LogP contribution in [0.1, 0.15) is 31.0 Å². The molecule has 0 aromatic carbocycles. The maximum absolute atomic E-state index is 9.26. The molecule has 1 saturated carbocycles.